The number of benzene rings is 1. The first-order valence-corrected chi connectivity index (χ1v) is 7.10. The van der Waals surface area contributed by atoms with Crippen molar-refractivity contribution in [2.75, 3.05) is 4.90 Å². The number of halogens is 1. The maximum Gasteiger partial charge on any atom is 0.425 e. The maximum atomic E-state index is 13.7. The average molecular weight is 332 g/mol. The zero-order valence-electron chi connectivity index (χ0n) is 13.5. The van der Waals surface area contributed by atoms with Crippen LogP contribution in [-0.4, -0.2) is 27.9 Å². The minimum absolute atomic E-state index is 0.176. The normalized spacial score (nSPS) is 11.2. The summed E-state index contributed by atoms with van der Waals surface area (Å²) in [5.74, 6) is -0.682. The Kier molecular flexibility index (Phi) is 4.54. The van der Waals surface area contributed by atoms with Gasteiger partial charge in [-0.05, 0) is 49.9 Å². The number of aromatic nitrogens is 1. The molecule has 1 aromatic heterocycles. The van der Waals surface area contributed by atoms with Gasteiger partial charge in [-0.2, -0.15) is 4.90 Å². The summed E-state index contributed by atoms with van der Waals surface area (Å²) >= 11 is 0. The molecule has 2 amide bonds. The van der Waals surface area contributed by atoms with Crippen LogP contribution in [0.15, 0.2) is 31.0 Å². The molecule has 0 unspecified atom stereocenters. The molecule has 1 heterocycles. The Bertz CT molecular complexity index is 827. The van der Waals surface area contributed by atoms with E-state index in [0.717, 1.165) is 0 Å². The number of anilines is 1. The summed E-state index contributed by atoms with van der Waals surface area (Å²) < 4.78 is 18.7. The number of amides is 2. The molecule has 24 heavy (non-hydrogen) atoms. The monoisotopic (exact) mass is 332 g/mol. The van der Waals surface area contributed by atoms with Gasteiger partial charge in [0.2, 0.25) is 0 Å². The van der Waals surface area contributed by atoms with Crippen molar-refractivity contribution in [2.45, 2.75) is 26.4 Å². The molecule has 0 saturated carbocycles. The highest BCUT2D eigenvalue weighted by molar-refractivity contribution is 6.09. The first-order valence-electron chi connectivity index (χ1n) is 7.10. The van der Waals surface area contributed by atoms with Gasteiger partial charge in [-0.25, -0.2) is 19.0 Å². The zero-order valence-corrected chi connectivity index (χ0v) is 13.5. The minimum Gasteiger partial charge on any atom is -0.464 e. The van der Waals surface area contributed by atoms with Crippen LogP contribution in [-0.2, 0) is 4.74 Å². The Hall–Kier alpha value is -2.96. The van der Waals surface area contributed by atoms with Gasteiger partial charge < -0.3 is 9.84 Å². The first kappa shape index (κ1) is 17.4. The Balaban J connectivity index is 2.54. The van der Waals surface area contributed by atoms with Gasteiger partial charge in [0, 0.05) is 11.6 Å². The van der Waals surface area contributed by atoms with Crippen LogP contribution in [0.3, 0.4) is 0 Å². The fourth-order valence-electron chi connectivity index (χ4n) is 2.10. The van der Waals surface area contributed by atoms with E-state index in [-0.39, 0.29) is 5.82 Å². The van der Waals surface area contributed by atoms with E-state index in [1.807, 2.05) is 0 Å². The molecule has 126 valence electrons. The molecule has 0 aliphatic heterocycles. The molecule has 1 N–H and O–H groups in total. The van der Waals surface area contributed by atoms with E-state index in [9.17, 15) is 19.1 Å². The van der Waals surface area contributed by atoms with Crippen molar-refractivity contribution < 1.29 is 23.8 Å². The summed E-state index contributed by atoms with van der Waals surface area (Å²) in [4.78, 5) is 27.9. The third-order valence-electron chi connectivity index (χ3n) is 3.04. The molecule has 6 nitrogen and oxygen atoms in total. The number of pyridine rings is 1. The van der Waals surface area contributed by atoms with E-state index in [1.165, 1.54) is 30.5 Å². The summed E-state index contributed by atoms with van der Waals surface area (Å²) in [6.45, 7) is 8.45. The third-order valence-corrected chi connectivity index (χ3v) is 3.04. The first-order chi connectivity index (χ1) is 11.1. The van der Waals surface area contributed by atoms with Crippen LogP contribution in [0, 0.1) is 5.82 Å². The molecule has 2 rings (SSSR count). The number of nitrogens with zero attached hydrogens (tertiary/aromatic N) is 2. The van der Waals surface area contributed by atoms with Crippen LogP contribution in [0.25, 0.3) is 16.8 Å². The fourth-order valence-corrected chi connectivity index (χ4v) is 2.10. The second kappa shape index (κ2) is 6.27. The highest BCUT2D eigenvalue weighted by Gasteiger charge is 2.29. The Morgan fingerprint density at radius 2 is 2.00 bits per heavy atom. The van der Waals surface area contributed by atoms with E-state index >= 15 is 0 Å². The molecule has 0 fully saturated rings. The van der Waals surface area contributed by atoms with Gasteiger partial charge in [0.25, 0.3) is 0 Å². The van der Waals surface area contributed by atoms with Crippen LogP contribution < -0.4 is 4.90 Å². The van der Waals surface area contributed by atoms with Crippen LogP contribution in [0.5, 0.6) is 0 Å². The van der Waals surface area contributed by atoms with E-state index in [2.05, 4.69) is 11.6 Å². The molecule has 2 aromatic rings. The van der Waals surface area contributed by atoms with E-state index in [1.54, 1.807) is 20.8 Å². The van der Waals surface area contributed by atoms with Crippen molar-refractivity contribution in [3.8, 4) is 0 Å². The standard InChI is InChI=1S/C17H17FN2O4/c1-5-10-6-12(18)7-11-8-14(19-9-13(10)11)20(15(21)22)16(23)24-17(2,3)4/h5-9H,1H2,2-4H3,(H,21,22). The Morgan fingerprint density at radius 1 is 1.33 bits per heavy atom. The number of carboxylic acid groups (broad SMARTS) is 1. The largest absolute Gasteiger partial charge is 0.464 e. The number of imide groups is 1. The van der Waals surface area contributed by atoms with Gasteiger partial charge in [-0.1, -0.05) is 12.7 Å². The number of hydrogen-bond acceptors (Lipinski definition) is 4. The average Bonchev–Trinajstić information content (AvgIpc) is 2.43. The highest BCUT2D eigenvalue weighted by atomic mass is 19.1. The molecule has 7 heteroatoms. The molecular weight excluding hydrogens is 315 g/mol. The van der Waals surface area contributed by atoms with Gasteiger partial charge in [-0.3, -0.25) is 0 Å². The van der Waals surface area contributed by atoms with Crippen molar-refractivity contribution >= 4 is 34.9 Å². The second-order valence-electron chi connectivity index (χ2n) is 6.06. The molecule has 0 radical (unpaired) electrons. The van der Waals surface area contributed by atoms with E-state index in [0.29, 0.717) is 21.2 Å². The third kappa shape index (κ3) is 3.68. The van der Waals surface area contributed by atoms with Crippen LogP contribution in [0.2, 0.25) is 0 Å². The zero-order chi connectivity index (χ0) is 18.1. The number of rotatable bonds is 2. The van der Waals surface area contributed by atoms with Crippen LogP contribution in [0.4, 0.5) is 19.8 Å². The molecule has 0 spiro atoms. The number of ether oxygens (including phenoxy) is 1. The number of fused-ring (bicyclic) bond motifs is 1. The summed E-state index contributed by atoms with van der Waals surface area (Å²) in [6, 6.07) is 3.83. The lowest BCUT2D eigenvalue weighted by Gasteiger charge is -2.24. The molecule has 1 aromatic carbocycles. The van der Waals surface area contributed by atoms with Crippen molar-refractivity contribution in [3.63, 3.8) is 0 Å². The quantitative estimate of drug-likeness (QED) is 0.879. The van der Waals surface area contributed by atoms with Gasteiger partial charge in [0.15, 0.2) is 0 Å². The lowest BCUT2D eigenvalue weighted by Crippen LogP contribution is -2.40. The molecule has 0 aliphatic rings. The van der Waals surface area contributed by atoms with E-state index in [4.69, 9.17) is 4.74 Å². The van der Waals surface area contributed by atoms with Gasteiger partial charge in [0.05, 0.1) is 0 Å². The van der Waals surface area contributed by atoms with Gasteiger partial charge >= 0.3 is 12.2 Å². The predicted octanol–water partition coefficient (Wildman–Crippen LogP) is 4.44. The van der Waals surface area contributed by atoms with Crippen molar-refractivity contribution in [1.29, 1.82) is 0 Å². The molecule has 0 saturated heterocycles. The summed E-state index contributed by atoms with van der Waals surface area (Å²) in [7, 11) is 0. The summed E-state index contributed by atoms with van der Waals surface area (Å²) in [6.07, 6.45) is 0.204. The van der Waals surface area contributed by atoms with Gasteiger partial charge in [-0.15, -0.1) is 0 Å². The smallest absolute Gasteiger partial charge is 0.425 e. The second-order valence-corrected chi connectivity index (χ2v) is 6.06. The van der Waals surface area contributed by atoms with E-state index < -0.39 is 23.6 Å². The highest BCUT2D eigenvalue weighted by Crippen LogP contribution is 2.25. The lowest BCUT2D eigenvalue weighted by atomic mass is 10.1. The number of hydrogen-bond donors (Lipinski definition) is 1. The van der Waals surface area contributed by atoms with Crippen LogP contribution >= 0.6 is 0 Å². The minimum atomic E-state index is -1.54. The Labute approximate surface area is 138 Å². The summed E-state index contributed by atoms with van der Waals surface area (Å²) in [5, 5.41) is 10.3. The number of carbonyl (C=O) groups is 2. The predicted molar refractivity (Wildman–Crippen MR) is 88.5 cm³/mol. The molecular formula is C17H17FN2O4. The summed E-state index contributed by atoms with van der Waals surface area (Å²) in [5.41, 5.74) is -0.354. The maximum absolute atomic E-state index is 13.7. The fraction of sp³-hybridized carbons (Fsp3) is 0.235. The van der Waals surface area contributed by atoms with Crippen LogP contribution in [0.1, 0.15) is 26.3 Å². The molecule has 0 atom stereocenters. The number of carbonyl (C=O) groups excluding carboxylic acids is 1. The molecule has 0 bridgehead atoms. The topological polar surface area (TPSA) is 79.7 Å². The van der Waals surface area contributed by atoms with Crippen molar-refractivity contribution in [3.05, 3.63) is 42.4 Å². The van der Waals surface area contributed by atoms with Gasteiger partial charge in [0.1, 0.15) is 17.2 Å². The van der Waals surface area contributed by atoms with Crippen molar-refractivity contribution in [1.82, 2.24) is 4.98 Å². The Morgan fingerprint density at radius 3 is 2.54 bits per heavy atom. The lowest BCUT2D eigenvalue weighted by molar-refractivity contribution is 0.0581. The van der Waals surface area contributed by atoms with Crippen molar-refractivity contribution in [2.24, 2.45) is 0 Å². The SMILES string of the molecule is C=Cc1cc(F)cc2cc(N(C(=O)O)C(=O)OC(C)(C)C)ncc12. The molecule has 0 aliphatic carbocycles.